The Labute approximate surface area is 147 Å². The van der Waals surface area contributed by atoms with E-state index in [9.17, 15) is 18.0 Å². The van der Waals surface area contributed by atoms with Gasteiger partial charge in [-0.25, -0.2) is 0 Å². The molecule has 1 N–H and O–H groups in total. The van der Waals surface area contributed by atoms with Crippen molar-refractivity contribution in [2.75, 3.05) is 19.6 Å². The lowest BCUT2D eigenvalue weighted by molar-refractivity contribution is -0.139. The Morgan fingerprint density at radius 3 is 2.42 bits per heavy atom. The van der Waals surface area contributed by atoms with Crippen molar-refractivity contribution in [2.45, 2.75) is 33.0 Å². The normalized spacial score (nSPS) is 17.4. The fraction of sp³-hybridized carbons (Fsp3) is 0.588. The SMILES string of the molecule is CCN(C(=O)C(C)C1CNC1)C(C)c1cccc(C(F)(F)F)c1.Cl. The highest BCUT2D eigenvalue weighted by Gasteiger charge is 2.34. The van der Waals surface area contributed by atoms with Crippen LogP contribution in [-0.2, 0) is 11.0 Å². The zero-order valence-electron chi connectivity index (χ0n) is 14.1. The van der Waals surface area contributed by atoms with Crippen molar-refractivity contribution in [3.8, 4) is 0 Å². The summed E-state index contributed by atoms with van der Waals surface area (Å²) in [4.78, 5) is 14.3. The molecule has 1 fully saturated rings. The van der Waals surface area contributed by atoms with Gasteiger partial charge in [-0.1, -0.05) is 19.1 Å². The monoisotopic (exact) mass is 364 g/mol. The number of carbonyl (C=O) groups excluding carboxylic acids is 1. The zero-order valence-corrected chi connectivity index (χ0v) is 14.9. The molecule has 3 nitrogen and oxygen atoms in total. The summed E-state index contributed by atoms with van der Waals surface area (Å²) in [5.74, 6) is 0.193. The van der Waals surface area contributed by atoms with Gasteiger partial charge >= 0.3 is 6.18 Å². The van der Waals surface area contributed by atoms with E-state index < -0.39 is 11.7 Å². The van der Waals surface area contributed by atoms with Crippen molar-refractivity contribution in [3.05, 3.63) is 35.4 Å². The van der Waals surface area contributed by atoms with Crippen LogP contribution < -0.4 is 5.32 Å². The molecule has 1 aliphatic heterocycles. The summed E-state index contributed by atoms with van der Waals surface area (Å²) in [5.41, 5.74) is -0.171. The van der Waals surface area contributed by atoms with Crippen LogP contribution >= 0.6 is 12.4 Å². The van der Waals surface area contributed by atoms with E-state index >= 15 is 0 Å². The molecule has 0 aromatic heterocycles. The summed E-state index contributed by atoms with van der Waals surface area (Å²) in [7, 11) is 0. The highest BCUT2D eigenvalue weighted by atomic mass is 35.5. The molecule has 24 heavy (non-hydrogen) atoms. The summed E-state index contributed by atoms with van der Waals surface area (Å²) in [6.07, 6.45) is -4.37. The van der Waals surface area contributed by atoms with E-state index in [4.69, 9.17) is 0 Å². The molecule has 1 saturated heterocycles. The Bertz CT molecular complexity index is 561. The highest BCUT2D eigenvalue weighted by Crippen LogP contribution is 2.32. The van der Waals surface area contributed by atoms with Crippen molar-refractivity contribution in [1.82, 2.24) is 10.2 Å². The number of amides is 1. The van der Waals surface area contributed by atoms with E-state index in [1.54, 1.807) is 17.9 Å². The predicted octanol–water partition coefficient (Wildman–Crippen LogP) is 3.89. The summed E-state index contributed by atoms with van der Waals surface area (Å²) in [6.45, 7) is 7.65. The van der Waals surface area contributed by atoms with Crippen LogP contribution in [0.2, 0.25) is 0 Å². The minimum absolute atomic E-state index is 0. The predicted molar refractivity (Wildman–Crippen MR) is 90.0 cm³/mol. The molecule has 2 unspecified atom stereocenters. The molecule has 0 spiro atoms. The fourth-order valence-corrected chi connectivity index (χ4v) is 2.90. The zero-order chi connectivity index (χ0) is 17.2. The number of benzene rings is 1. The summed E-state index contributed by atoms with van der Waals surface area (Å²) >= 11 is 0. The Morgan fingerprint density at radius 1 is 1.33 bits per heavy atom. The number of halogens is 4. The molecule has 0 radical (unpaired) electrons. The molecule has 136 valence electrons. The molecule has 1 heterocycles. The van der Waals surface area contributed by atoms with E-state index in [-0.39, 0.29) is 30.3 Å². The van der Waals surface area contributed by atoms with Crippen LogP contribution in [0, 0.1) is 11.8 Å². The number of nitrogens with zero attached hydrogens (tertiary/aromatic N) is 1. The molecule has 0 bridgehead atoms. The third kappa shape index (κ3) is 4.42. The van der Waals surface area contributed by atoms with Gasteiger partial charge in [0.15, 0.2) is 0 Å². The maximum Gasteiger partial charge on any atom is 0.416 e. The quantitative estimate of drug-likeness (QED) is 0.859. The van der Waals surface area contributed by atoms with Crippen LogP contribution in [0.25, 0.3) is 0 Å². The Kier molecular flexibility index (Phi) is 7.10. The van der Waals surface area contributed by atoms with Gasteiger partial charge in [0.1, 0.15) is 0 Å². The standard InChI is InChI=1S/C17H23F3N2O.ClH/c1-4-22(16(23)11(2)14-9-21-10-14)12(3)13-6-5-7-15(8-13)17(18,19)20;/h5-8,11-12,14,21H,4,9-10H2,1-3H3;1H. The number of rotatable bonds is 5. The van der Waals surface area contributed by atoms with Gasteiger partial charge < -0.3 is 10.2 Å². The van der Waals surface area contributed by atoms with Gasteiger partial charge in [-0.05, 0) is 50.6 Å². The average Bonchev–Trinajstić information content (AvgIpc) is 2.45. The molecule has 1 amide bonds. The van der Waals surface area contributed by atoms with Gasteiger partial charge in [0.2, 0.25) is 5.91 Å². The second-order valence-corrected chi connectivity index (χ2v) is 6.13. The molecule has 0 saturated carbocycles. The number of hydrogen-bond donors (Lipinski definition) is 1. The van der Waals surface area contributed by atoms with Crippen molar-refractivity contribution in [3.63, 3.8) is 0 Å². The van der Waals surface area contributed by atoms with E-state index in [0.29, 0.717) is 18.0 Å². The first kappa shape index (κ1) is 20.8. The number of hydrogen-bond acceptors (Lipinski definition) is 2. The molecule has 1 aromatic carbocycles. The van der Waals surface area contributed by atoms with Crippen LogP contribution in [0.3, 0.4) is 0 Å². The van der Waals surface area contributed by atoms with Crippen molar-refractivity contribution >= 4 is 18.3 Å². The van der Waals surface area contributed by atoms with Gasteiger partial charge in [-0.15, -0.1) is 12.4 Å². The summed E-state index contributed by atoms with van der Waals surface area (Å²) in [6, 6.07) is 4.84. The van der Waals surface area contributed by atoms with Crippen LogP contribution in [0.15, 0.2) is 24.3 Å². The highest BCUT2D eigenvalue weighted by molar-refractivity contribution is 5.85. The Hall–Kier alpha value is -1.27. The summed E-state index contributed by atoms with van der Waals surface area (Å²) < 4.78 is 38.6. The van der Waals surface area contributed by atoms with Crippen LogP contribution in [0.1, 0.15) is 37.9 Å². The van der Waals surface area contributed by atoms with E-state index in [2.05, 4.69) is 5.32 Å². The van der Waals surface area contributed by atoms with Gasteiger partial charge in [0, 0.05) is 12.5 Å². The van der Waals surface area contributed by atoms with E-state index in [1.165, 1.54) is 6.07 Å². The third-order valence-electron chi connectivity index (χ3n) is 4.70. The third-order valence-corrected chi connectivity index (χ3v) is 4.70. The van der Waals surface area contributed by atoms with Gasteiger partial charge in [0.05, 0.1) is 11.6 Å². The van der Waals surface area contributed by atoms with Crippen LogP contribution in [0.5, 0.6) is 0 Å². The minimum Gasteiger partial charge on any atom is -0.336 e. The molecule has 1 aromatic rings. The second-order valence-electron chi connectivity index (χ2n) is 6.13. The van der Waals surface area contributed by atoms with Crippen LogP contribution in [0.4, 0.5) is 13.2 Å². The van der Waals surface area contributed by atoms with E-state index in [1.807, 2.05) is 13.8 Å². The molecule has 0 aliphatic carbocycles. The van der Waals surface area contributed by atoms with Crippen molar-refractivity contribution in [2.24, 2.45) is 11.8 Å². The first-order chi connectivity index (χ1) is 10.8. The molecule has 1 aliphatic rings. The molecule has 2 rings (SSSR count). The number of alkyl halides is 3. The van der Waals surface area contributed by atoms with Crippen molar-refractivity contribution < 1.29 is 18.0 Å². The maximum absolute atomic E-state index is 12.9. The molecule has 2 atom stereocenters. The topological polar surface area (TPSA) is 32.3 Å². The van der Waals surface area contributed by atoms with Gasteiger partial charge in [0.25, 0.3) is 0 Å². The molecular formula is C17H24ClF3N2O. The van der Waals surface area contributed by atoms with Gasteiger partial charge in [-0.2, -0.15) is 13.2 Å². The number of nitrogens with one attached hydrogen (secondary N) is 1. The Morgan fingerprint density at radius 2 is 1.96 bits per heavy atom. The van der Waals surface area contributed by atoms with Crippen molar-refractivity contribution in [1.29, 1.82) is 0 Å². The largest absolute Gasteiger partial charge is 0.416 e. The first-order valence-corrected chi connectivity index (χ1v) is 7.94. The Balaban J connectivity index is 0.00000288. The fourth-order valence-electron chi connectivity index (χ4n) is 2.90. The lowest BCUT2D eigenvalue weighted by Gasteiger charge is -2.37. The molecule has 7 heteroatoms. The lowest BCUT2D eigenvalue weighted by Crippen LogP contribution is -2.50. The number of carbonyl (C=O) groups is 1. The van der Waals surface area contributed by atoms with Gasteiger partial charge in [-0.3, -0.25) is 4.79 Å². The smallest absolute Gasteiger partial charge is 0.336 e. The minimum atomic E-state index is -4.37. The second kappa shape index (κ2) is 8.21. The summed E-state index contributed by atoms with van der Waals surface area (Å²) in [5, 5.41) is 3.14. The maximum atomic E-state index is 12.9. The first-order valence-electron chi connectivity index (χ1n) is 7.94. The van der Waals surface area contributed by atoms with Crippen LogP contribution in [-0.4, -0.2) is 30.4 Å². The molecular weight excluding hydrogens is 341 g/mol. The lowest BCUT2D eigenvalue weighted by atomic mass is 9.87. The van der Waals surface area contributed by atoms with E-state index in [0.717, 1.165) is 25.2 Å². The average molecular weight is 365 g/mol.